The molecule has 0 aliphatic heterocycles. The summed E-state index contributed by atoms with van der Waals surface area (Å²) in [5.74, 6) is 1.56. The van der Waals surface area contributed by atoms with Gasteiger partial charge in [-0.3, -0.25) is 0 Å². The normalized spacial score (nSPS) is 12.8. The van der Waals surface area contributed by atoms with Gasteiger partial charge in [-0.2, -0.15) is 0 Å². The Morgan fingerprint density at radius 2 is 1.76 bits per heavy atom. The Morgan fingerprint density at radius 3 is 2.24 bits per heavy atom. The van der Waals surface area contributed by atoms with Crippen molar-refractivity contribution in [3.05, 3.63) is 29.8 Å². The van der Waals surface area contributed by atoms with E-state index in [-0.39, 0.29) is 0 Å². The second-order valence-corrected chi connectivity index (χ2v) is 4.70. The first-order chi connectivity index (χ1) is 8.19. The van der Waals surface area contributed by atoms with Crippen LogP contribution in [-0.4, -0.2) is 13.2 Å². The van der Waals surface area contributed by atoms with Gasteiger partial charge in [0, 0.05) is 6.04 Å². The van der Waals surface area contributed by atoms with Crippen LogP contribution in [0.15, 0.2) is 24.3 Å². The van der Waals surface area contributed by atoms with Crippen LogP contribution in [0.1, 0.15) is 45.7 Å². The standard InChI is InChI=1S/C15H25NO/c1-5-11-17-14-9-7-13(8-10-14)15(12(3)4)16-6-2/h7-10,12,15-16H,5-6,11H2,1-4H3. The zero-order chi connectivity index (χ0) is 12.7. The number of hydrogen-bond donors (Lipinski definition) is 1. The molecular weight excluding hydrogens is 210 g/mol. The van der Waals surface area contributed by atoms with Crippen molar-refractivity contribution in [2.75, 3.05) is 13.2 Å². The number of ether oxygens (including phenoxy) is 1. The Bertz CT molecular complexity index is 305. The zero-order valence-corrected chi connectivity index (χ0v) is 11.5. The largest absolute Gasteiger partial charge is 0.494 e. The molecule has 0 bridgehead atoms. The van der Waals surface area contributed by atoms with Crippen molar-refractivity contribution >= 4 is 0 Å². The van der Waals surface area contributed by atoms with E-state index in [1.54, 1.807) is 0 Å². The van der Waals surface area contributed by atoms with Crippen molar-refractivity contribution < 1.29 is 4.74 Å². The molecule has 0 saturated heterocycles. The molecule has 1 atom stereocenters. The van der Waals surface area contributed by atoms with Crippen molar-refractivity contribution in [3.63, 3.8) is 0 Å². The lowest BCUT2D eigenvalue weighted by atomic mass is 9.96. The fraction of sp³-hybridized carbons (Fsp3) is 0.600. The molecule has 2 nitrogen and oxygen atoms in total. The van der Waals surface area contributed by atoms with E-state index in [4.69, 9.17) is 4.74 Å². The highest BCUT2D eigenvalue weighted by Gasteiger charge is 2.13. The lowest BCUT2D eigenvalue weighted by Crippen LogP contribution is -2.25. The van der Waals surface area contributed by atoms with Crippen molar-refractivity contribution in [1.82, 2.24) is 5.32 Å². The maximum Gasteiger partial charge on any atom is 0.119 e. The summed E-state index contributed by atoms with van der Waals surface area (Å²) in [7, 11) is 0. The van der Waals surface area contributed by atoms with E-state index >= 15 is 0 Å². The molecule has 0 saturated carbocycles. The van der Waals surface area contributed by atoms with E-state index in [0.717, 1.165) is 25.3 Å². The highest BCUT2D eigenvalue weighted by atomic mass is 16.5. The van der Waals surface area contributed by atoms with Crippen molar-refractivity contribution in [2.45, 2.75) is 40.2 Å². The van der Waals surface area contributed by atoms with Crippen LogP contribution in [0.5, 0.6) is 5.75 Å². The van der Waals surface area contributed by atoms with E-state index in [0.29, 0.717) is 12.0 Å². The molecule has 1 N–H and O–H groups in total. The molecule has 0 aliphatic rings. The minimum atomic E-state index is 0.431. The summed E-state index contributed by atoms with van der Waals surface area (Å²) < 4.78 is 5.59. The Hall–Kier alpha value is -1.02. The van der Waals surface area contributed by atoms with Crippen LogP contribution >= 0.6 is 0 Å². The average molecular weight is 235 g/mol. The third-order valence-electron chi connectivity index (χ3n) is 2.80. The number of nitrogens with one attached hydrogen (secondary N) is 1. The van der Waals surface area contributed by atoms with Crippen LogP contribution in [0.4, 0.5) is 0 Å². The number of rotatable bonds is 7. The minimum absolute atomic E-state index is 0.431. The summed E-state index contributed by atoms with van der Waals surface area (Å²) in [6.07, 6.45) is 1.05. The lowest BCUT2D eigenvalue weighted by Gasteiger charge is -2.22. The third-order valence-corrected chi connectivity index (χ3v) is 2.80. The summed E-state index contributed by atoms with van der Waals surface area (Å²) in [5, 5.41) is 3.52. The molecule has 0 radical (unpaired) electrons. The number of hydrogen-bond acceptors (Lipinski definition) is 2. The van der Waals surface area contributed by atoms with Crippen molar-refractivity contribution in [1.29, 1.82) is 0 Å². The molecule has 17 heavy (non-hydrogen) atoms. The molecule has 96 valence electrons. The van der Waals surface area contributed by atoms with Gasteiger partial charge in [0.05, 0.1) is 6.61 Å². The van der Waals surface area contributed by atoms with Gasteiger partial charge in [0.1, 0.15) is 5.75 Å². The van der Waals surface area contributed by atoms with Gasteiger partial charge in [-0.25, -0.2) is 0 Å². The van der Waals surface area contributed by atoms with Gasteiger partial charge in [-0.15, -0.1) is 0 Å². The van der Waals surface area contributed by atoms with Crippen molar-refractivity contribution in [2.24, 2.45) is 5.92 Å². The molecule has 0 amide bonds. The maximum atomic E-state index is 5.59. The predicted octanol–water partition coefficient (Wildman–Crippen LogP) is 3.78. The summed E-state index contributed by atoms with van der Waals surface area (Å²) >= 11 is 0. The van der Waals surface area contributed by atoms with E-state index in [2.05, 4.69) is 57.3 Å². The monoisotopic (exact) mass is 235 g/mol. The summed E-state index contributed by atoms with van der Waals surface area (Å²) in [6, 6.07) is 8.90. The highest BCUT2D eigenvalue weighted by Crippen LogP contribution is 2.23. The van der Waals surface area contributed by atoms with Gasteiger partial charge in [-0.1, -0.05) is 39.8 Å². The number of benzene rings is 1. The first-order valence-corrected chi connectivity index (χ1v) is 6.65. The molecule has 0 spiro atoms. The SMILES string of the molecule is CCCOc1ccc(C(NCC)C(C)C)cc1. The Morgan fingerprint density at radius 1 is 1.12 bits per heavy atom. The molecule has 1 unspecified atom stereocenters. The third kappa shape index (κ3) is 4.39. The quantitative estimate of drug-likeness (QED) is 0.776. The second-order valence-electron chi connectivity index (χ2n) is 4.70. The van der Waals surface area contributed by atoms with E-state index in [1.807, 2.05) is 0 Å². The molecule has 1 rings (SSSR count). The molecule has 0 aromatic heterocycles. The smallest absolute Gasteiger partial charge is 0.119 e. The minimum Gasteiger partial charge on any atom is -0.494 e. The first kappa shape index (κ1) is 14.0. The van der Waals surface area contributed by atoms with Gasteiger partial charge in [0.2, 0.25) is 0 Å². The van der Waals surface area contributed by atoms with Gasteiger partial charge in [0.25, 0.3) is 0 Å². The fourth-order valence-electron chi connectivity index (χ4n) is 1.95. The molecule has 1 aromatic carbocycles. The highest BCUT2D eigenvalue weighted by molar-refractivity contribution is 5.29. The van der Waals surface area contributed by atoms with Crippen LogP contribution in [0.2, 0.25) is 0 Å². The summed E-state index contributed by atoms with van der Waals surface area (Å²) in [4.78, 5) is 0. The Balaban J connectivity index is 2.70. The van der Waals surface area contributed by atoms with E-state index in [9.17, 15) is 0 Å². The van der Waals surface area contributed by atoms with Gasteiger partial charge in [0.15, 0.2) is 0 Å². The zero-order valence-electron chi connectivity index (χ0n) is 11.5. The van der Waals surface area contributed by atoms with Crippen LogP contribution in [0.25, 0.3) is 0 Å². The van der Waals surface area contributed by atoms with E-state index in [1.165, 1.54) is 5.56 Å². The van der Waals surface area contributed by atoms with Gasteiger partial charge in [-0.05, 0) is 36.6 Å². The van der Waals surface area contributed by atoms with Gasteiger partial charge >= 0.3 is 0 Å². The maximum absolute atomic E-state index is 5.59. The van der Waals surface area contributed by atoms with Crippen LogP contribution in [-0.2, 0) is 0 Å². The Labute approximate surface area is 105 Å². The predicted molar refractivity (Wildman–Crippen MR) is 73.5 cm³/mol. The molecule has 2 heteroatoms. The van der Waals surface area contributed by atoms with Gasteiger partial charge < -0.3 is 10.1 Å². The van der Waals surface area contributed by atoms with Crippen LogP contribution in [0, 0.1) is 5.92 Å². The fourth-order valence-corrected chi connectivity index (χ4v) is 1.95. The average Bonchev–Trinajstić information content (AvgIpc) is 2.34. The van der Waals surface area contributed by atoms with E-state index < -0.39 is 0 Å². The Kier molecular flexibility index (Phi) is 6.06. The summed E-state index contributed by atoms with van der Waals surface area (Å²) in [6.45, 7) is 10.5. The lowest BCUT2D eigenvalue weighted by molar-refractivity contribution is 0.317. The second kappa shape index (κ2) is 7.33. The molecule has 1 aromatic rings. The topological polar surface area (TPSA) is 21.3 Å². The molecular formula is C15H25NO. The van der Waals surface area contributed by atoms with Crippen molar-refractivity contribution in [3.8, 4) is 5.75 Å². The molecule has 0 heterocycles. The van der Waals surface area contributed by atoms with Crippen LogP contribution in [0.3, 0.4) is 0 Å². The first-order valence-electron chi connectivity index (χ1n) is 6.65. The van der Waals surface area contributed by atoms with Crippen LogP contribution < -0.4 is 10.1 Å². The molecule has 0 aliphatic carbocycles. The summed E-state index contributed by atoms with van der Waals surface area (Å²) in [5.41, 5.74) is 1.34. The molecule has 0 fully saturated rings.